The molecule has 1 atom stereocenters. The molecule has 1 saturated heterocycles. The minimum Gasteiger partial charge on any atom is -0.393 e. The van der Waals surface area contributed by atoms with Gasteiger partial charge in [0.2, 0.25) is 0 Å². The second kappa shape index (κ2) is 5.95. The molecule has 3 N–H and O–H groups in total. The molecule has 0 aliphatic carbocycles. The molecule has 1 aliphatic heterocycles. The predicted molar refractivity (Wildman–Crippen MR) is 76.1 cm³/mol. The average molecular weight is 267 g/mol. The standard InChI is InChI=1S/C12H17N3O2S/c13-10-5-3-6-11(12(10)15(16)17)14-8-9-4-1-2-7-18-9/h3,5-6,9,14H,1-2,4,7-8,13H2. The summed E-state index contributed by atoms with van der Waals surface area (Å²) in [5.74, 6) is 1.19. The first-order chi connectivity index (χ1) is 8.68. The molecular formula is C12H17N3O2S. The quantitative estimate of drug-likeness (QED) is 0.498. The summed E-state index contributed by atoms with van der Waals surface area (Å²) in [7, 11) is 0. The van der Waals surface area contributed by atoms with E-state index in [1.807, 2.05) is 11.8 Å². The lowest BCUT2D eigenvalue weighted by molar-refractivity contribution is -0.383. The zero-order valence-electron chi connectivity index (χ0n) is 10.1. The number of nitrogens with zero attached hydrogens (tertiary/aromatic N) is 1. The Kier molecular flexibility index (Phi) is 4.30. The van der Waals surface area contributed by atoms with Crippen LogP contribution in [0, 0.1) is 10.1 Å². The van der Waals surface area contributed by atoms with Gasteiger partial charge in [0, 0.05) is 11.8 Å². The highest BCUT2D eigenvalue weighted by Gasteiger charge is 2.19. The lowest BCUT2D eigenvalue weighted by Gasteiger charge is -2.21. The van der Waals surface area contributed by atoms with Gasteiger partial charge in [0.15, 0.2) is 0 Å². The van der Waals surface area contributed by atoms with Crippen molar-refractivity contribution in [3.63, 3.8) is 0 Å². The van der Waals surface area contributed by atoms with E-state index in [1.165, 1.54) is 25.0 Å². The number of thioether (sulfide) groups is 1. The number of para-hydroxylation sites is 1. The largest absolute Gasteiger partial charge is 0.393 e. The Morgan fingerprint density at radius 1 is 1.50 bits per heavy atom. The number of nitrogens with one attached hydrogen (secondary N) is 1. The van der Waals surface area contributed by atoms with E-state index in [4.69, 9.17) is 5.73 Å². The summed E-state index contributed by atoms with van der Waals surface area (Å²) in [6.07, 6.45) is 3.70. The molecule has 1 unspecified atom stereocenters. The average Bonchev–Trinajstić information content (AvgIpc) is 2.37. The monoisotopic (exact) mass is 267 g/mol. The van der Waals surface area contributed by atoms with Crippen LogP contribution in [0.5, 0.6) is 0 Å². The van der Waals surface area contributed by atoms with Crippen LogP contribution in [0.15, 0.2) is 18.2 Å². The molecule has 0 amide bonds. The second-order valence-corrected chi connectivity index (χ2v) is 5.78. The number of hydrogen-bond acceptors (Lipinski definition) is 5. The van der Waals surface area contributed by atoms with Crippen LogP contribution in [0.4, 0.5) is 17.1 Å². The van der Waals surface area contributed by atoms with Crippen LogP contribution in [-0.4, -0.2) is 22.5 Å². The van der Waals surface area contributed by atoms with E-state index in [2.05, 4.69) is 5.32 Å². The van der Waals surface area contributed by atoms with E-state index >= 15 is 0 Å². The molecule has 0 spiro atoms. The van der Waals surface area contributed by atoms with Gasteiger partial charge in [-0.1, -0.05) is 12.5 Å². The topological polar surface area (TPSA) is 81.2 Å². The molecule has 1 aromatic carbocycles. The summed E-state index contributed by atoms with van der Waals surface area (Å²) in [4.78, 5) is 10.5. The van der Waals surface area contributed by atoms with Crippen LogP contribution in [0.1, 0.15) is 19.3 Å². The van der Waals surface area contributed by atoms with E-state index in [9.17, 15) is 10.1 Å². The van der Waals surface area contributed by atoms with Crippen LogP contribution in [0.2, 0.25) is 0 Å². The van der Waals surface area contributed by atoms with Gasteiger partial charge in [-0.3, -0.25) is 10.1 Å². The van der Waals surface area contributed by atoms with Gasteiger partial charge in [-0.2, -0.15) is 11.8 Å². The number of nitrogens with two attached hydrogens (primary N) is 1. The van der Waals surface area contributed by atoms with Crippen molar-refractivity contribution < 1.29 is 4.92 Å². The summed E-state index contributed by atoms with van der Waals surface area (Å²) in [6, 6.07) is 5.00. The first-order valence-corrected chi connectivity index (χ1v) is 7.11. The third kappa shape index (κ3) is 3.07. The second-order valence-electron chi connectivity index (χ2n) is 4.37. The molecule has 1 fully saturated rings. The summed E-state index contributed by atoms with van der Waals surface area (Å²) >= 11 is 1.94. The number of hydrogen-bond donors (Lipinski definition) is 2. The van der Waals surface area contributed by atoms with E-state index in [-0.39, 0.29) is 11.4 Å². The molecule has 1 aliphatic rings. The molecule has 2 rings (SSSR count). The van der Waals surface area contributed by atoms with Crippen LogP contribution in [-0.2, 0) is 0 Å². The Labute approximate surface area is 110 Å². The Balaban J connectivity index is 2.04. The van der Waals surface area contributed by atoms with Crippen LogP contribution >= 0.6 is 11.8 Å². The van der Waals surface area contributed by atoms with Crippen molar-refractivity contribution in [1.29, 1.82) is 0 Å². The third-order valence-corrected chi connectivity index (χ3v) is 4.44. The number of anilines is 2. The van der Waals surface area contributed by atoms with E-state index < -0.39 is 4.92 Å². The number of nitro groups is 1. The Morgan fingerprint density at radius 3 is 3.00 bits per heavy atom. The van der Waals surface area contributed by atoms with Gasteiger partial charge in [0.1, 0.15) is 11.4 Å². The van der Waals surface area contributed by atoms with E-state index in [1.54, 1.807) is 18.2 Å². The summed E-state index contributed by atoms with van der Waals surface area (Å²) in [5.41, 5.74) is 6.36. The maximum atomic E-state index is 11.0. The first kappa shape index (κ1) is 13.0. The molecule has 1 aromatic rings. The predicted octanol–water partition coefficient (Wildman–Crippen LogP) is 2.87. The number of rotatable bonds is 4. The highest BCUT2D eigenvalue weighted by molar-refractivity contribution is 7.99. The summed E-state index contributed by atoms with van der Waals surface area (Å²) in [6.45, 7) is 0.759. The van der Waals surface area contributed by atoms with Crippen LogP contribution < -0.4 is 11.1 Å². The molecule has 0 radical (unpaired) electrons. The minimum atomic E-state index is -0.425. The molecular weight excluding hydrogens is 250 g/mol. The zero-order chi connectivity index (χ0) is 13.0. The van der Waals surface area contributed by atoms with Gasteiger partial charge in [0.05, 0.1) is 4.92 Å². The van der Waals surface area contributed by atoms with Crippen molar-refractivity contribution in [1.82, 2.24) is 0 Å². The van der Waals surface area contributed by atoms with Crippen molar-refractivity contribution in [3.05, 3.63) is 28.3 Å². The molecule has 0 saturated carbocycles. The Hall–Kier alpha value is -1.43. The lowest BCUT2D eigenvalue weighted by atomic mass is 10.2. The fourth-order valence-electron chi connectivity index (χ4n) is 2.10. The maximum absolute atomic E-state index is 11.0. The van der Waals surface area contributed by atoms with Crippen molar-refractivity contribution in [2.45, 2.75) is 24.5 Å². The van der Waals surface area contributed by atoms with Crippen molar-refractivity contribution in [2.24, 2.45) is 0 Å². The van der Waals surface area contributed by atoms with Crippen molar-refractivity contribution in [3.8, 4) is 0 Å². The fraction of sp³-hybridized carbons (Fsp3) is 0.500. The molecule has 18 heavy (non-hydrogen) atoms. The Morgan fingerprint density at radius 2 is 2.33 bits per heavy atom. The minimum absolute atomic E-state index is 0.0155. The van der Waals surface area contributed by atoms with Gasteiger partial charge < -0.3 is 11.1 Å². The fourth-order valence-corrected chi connectivity index (χ4v) is 3.34. The molecule has 0 aromatic heterocycles. The van der Waals surface area contributed by atoms with Gasteiger partial charge in [-0.15, -0.1) is 0 Å². The molecule has 5 nitrogen and oxygen atoms in total. The van der Waals surface area contributed by atoms with Crippen molar-refractivity contribution in [2.75, 3.05) is 23.3 Å². The van der Waals surface area contributed by atoms with Crippen LogP contribution in [0.25, 0.3) is 0 Å². The summed E-state index contributed by atoms with van der Waals surface area (Å²) in [5, 5.41) is 14.7. The van der Waals surface area contributed by atoms with Gasteiger partial charge >= 0.3 is 5.69 Å². The van der Waals surface area contributed by atoms with Gasteiger partial charge in [0.25, 0.3) is 0 Å². The SMILES string of the molecule is Nc1cccc(NCC2CCCCS2)c1[N+](=O)[O-]. The van der Waals surface area contributed by atoms with Gasteiger partial charge in [-0.25, -0.2) is 0 Å². The normalized spacial score (nSPS) is 19.4. The zero-order valence-corrected chi connectivity index (χ0v) is 10.9. The third-order valence-electron chi connectivity index (χ3n) is 3.04. The molecule has 98 valence electrons. The van der Waals surface area contributed by atoms with E-state index in [0.717, 1.165) is 6.54 Å². The van der Waals surface area contributed by atoms with Crippen molar-refractivity contribution >= 4 is 28.8 Å². The van der Waals surface area contributed by atoms with Crippen LogP contribution in [0.3, 0.4) is 0 Å². The van der Waals surface area contributed by atoms with E-state index in [0.29, 0.717) is 10.9 Å². The lowest BCUT2D eigenvalue weighted by Crippen LogP contribution is -2.20. The molecule has 1 heterocycles. The maximum Gasteiger partial charge on any atom is 0.314 e. The highest BCUT2D eigenvalue weighted by Crippen LogP contribution is 2.31. The smallest absolute Gasteiger partial charge is 0.314 e. The van der Waals surface area contributed by atoms with Gasteiger partial charge in [-0.05, 0) is 30.7 Å². The first-order valence-electron chi connectivity index (χ1n) is 6.07. The number of nitro benzene ring substituents is 1. The Bertz CT molecular complexity index is 433. The number of benzene rings is 1. The molecule has 6 heteroatoms. The summed E-state index contributed by atoms with van der Waals surface area (Å²) < 4.78 is 0. The highest BCUT2D eigenvalue weighted by atomic mass is 32.2. The molecule has 0 bridgehead atoms. The number of nitrogen functional groups attached to an aromatic ring is 1.